The lowest BCUT2D eigenvalue weighted by Gasteiger charge is -2.47. The highest BCUT2D eigenvalue weighted by Gasteiger charge is 2.62. The van der Waals surface area contributed by atoms with Gasteiger partial charge in [0.25, 0.3) is 5.67 Å². The molecule has 3 aliphatic rings. The summed E-state index contributed by atoms with van der Waals surface area (Å²) >= 11 is 0. The molecule has 3 fully saturated rings. The maximum Gasteiger partial charge on any atom is 0.425 e. The number of aromatic nitrogens is 4. The Balaban J connectivity index is 1.51. The number of methoxy groups -OCH3 is 1. The fourth-order valence-electron chi connectivity index (χ4n) is 9.29. The van der Waals surface area contributed by atoms with Crippen molar-refractivity contribution in [2.24, 2.45) is 22.9 Å². The summed E-state index contributed by atoms with van der Waals surface area (Å²) in [4.78, 5) is 51.1. The molecule has 1 aromatic carbocycles. The lowest BCUT2D eigenvalue weighted by Crippen LogP contribution is -2.62. The number of Topliss-reactive ketones (excluding diaryl/α,β-unsaturated/α-hetero) is 1. The van der Waals surface area contributed by atoms with E-state index in [1.807, 2.05) is 70.1 Å². The number of amides is 1. The molecule has 13 atom stereocenters. The molecule has 0 spiro atoms. The molecule has 18 nitrogen and oxygen atoms in total. The molecule has 1 aromatic heterocycles. The van der Waals surface area contributed by atoms with Gasteiger partial charge in [0.15, 0.2) is 17.7 Å². The second-order valence-electron chi connectivity index (χ2n) is 17.4. The van der Waals surface area contributed by atoms with Gasteiger partial charge in [-0.25, -0.2) is 24.4 Å². The molecule has 2 N–H and O–H groups in total. The number of tetrazole rings is 1. The maximum absolute atomic E-state index is 17.0. The number of aliphatic hydroxyl groups is 1. The number of carbonyl (C=O) groups excluding carboxylic acids is 3. The van der Waals surface area contributed by atoms with E-state index in [0.29, 0.717) is 30.9 Å². The van der Waals surface area contributed by atoms with Crippen LogP contribution in [0.3, 0.4) is 0 Å². The number of benzene rings is 1. The molecule has 4 heterocycles. The van der Waals surface area contributed by atoms with E-state index < -0.39 is 83.1 Å². The average molecular weight is 861 g/mol. The number of oxime groups is 1. The highest BCUT2D eigenvalue weighted by atomic mass is 19.1. The summed E-state index contributed by atoms with van der Waals surface area (Å²) in [6, 6.07) is 8.20. The predicted molar refractivity (Wildman–Crippen MR) is 220 cm³/mol. The molecule has 0 saturated carbocycles. The van der Waals surface area contributed by atoms with Crippen molar-refractivity contribution in [3.05, 3.63) is 30.3 Å². The third-order valence-corrected chi connectivity index (χ3v) is 12.6. The van der Waals surface area contributed by atoms with Crippen LogP contribution in [0.4, 0.5) is 9.18 Å². The van der Waals surface area contributed by atoms with Crippen molar-refractivity contribution in [1.29, 1.82) is 0 Å². The van der Waals surface area contributed by atoms with Gasteiger partial charge in [-0.15, -0.1) is 10.2 Å². The van der Waals surface area contributed by atoms with Crippen molar-refractivity contribution >= 4 is 23.6 Å². The number of alkyl halides is 1. The quantitative estimate of drug-likeness (QED) is 0.134. The molecule has 0 bridgehead atoms. The van der Waals surface area contributed by atoms with Crippen LogP contribution in [0.1, 0.15) is 81.1 Å². The highest BCUT2D eigenvalue weighted by molar-refractivity contribution is 6.08. The summed E-state index contributed by atoms with van der Waals surface area (Å²) in [5.41, 5.74) is -1.63. The molecule has 2 aromatic rings. The summed E-state index contributed by atoms with van der Waals surface area (Å²) in [7, 11) is 6.53. The Morgan fingerprint density at radius 2 is 1.75 bits per heavy atom. The molecular weight excluding hydrogens is 796 g/mol. The number of ether oxygens (including phenoxy) is 5. The number of esters is 1. The van der Waals surface area contributed by atoms with Crippen LogP contribution in [0.15, 0.2) is 35.5 Å². The standard InChI is InChI=1S/C42H65FN8O10/c1-13-30-42(8)33(51(39(55)61-42)44-20-17-21-50-46-36(45-48-50)28-18-15-14-16-19-28)26(4)31(47-57-12)24(2)23-40(6,56-11)35(27(5)34(53)41(7,43)38(54)59-30)60-37-32(52)29(49(9)10)22-25(3)58-37/h14-16,18-19,24-27,29-30,32-33,35,37,44,52H,13,17,20-23H2,1-12H3/b47-31+/t24-,25-,26+,27?,29+,30-,32?,33+,35-,37+,40-,41+,42-/m1/s1. The fraction of sp³-hybridized carbons (Fsp3) is 0.738. The van der Waals surface area contributed by atoms with Crippen LogP contribution in [-0.4, -0.2) is 153 Å². The van der Waals surface area contributed by atoms with Gasteiger partial charge < -0.3 is 38.5 Å². The molecule has 61 heavy (non-hydrogen) atoms. The van der Waals surface area contributed by atoms with E-state index in [-0.39, 0.29) is 31.5 Å². The topological polar surface area (TPSA) is 201 Å². The first-order valence-electron chi connectivity index (χ1n) is 21.1. The SMILES string of the molecule is CC[C@H]1OC(=O)[C@@](C)(F)C(=O)C(C)[C@@H](O[C@@H]2O[C@H](C)C[C@H](N(C)C)C2O)[C@](C)(OC)C[C@@H](C)/C(=N\OC)[C@H](C)[C@@H]2N(NCCCn3nnc(-c4ccccc4)n3)C(=O)O[C@@]21C. The Morgan fingerprint density at radius 3 is 2.38 bits per heavy atom. The van der Waals surface area contributed by atoms with Crippen molar-refractivity contribution in [2.45, 2.75) is 147 Å². The zero-order valence-corrected chi connectivity index (χ0v) is 37.5. The third kappa shape index (κ3) is 9.91. The number of nitrogens with zero attached hydrogens (tertiary/aromatic N) is 7. The summed E-state index contributed by atoms with van der Waals surface area (Å²) < 4.78 is 47.9. The van der Waals surface area contributed by atoms with E-state index in [2.05, 4.69) is 26.0 Å². The first-order chi connectivity index (χ1) is 28.7. The Hall–Kier alpha value is -4.14. The number of hydrogen-bond donors (Lipinski definition) is 2. The molecule has 0 radical (unpaired) electrons. The largest absolute Gasteiger partial charge is 0.455 e. The van der Waals surface area contributed by atoms with Gasteiger partial charge >= 0.3 is 12.1 Å². The van der Waals surface area contributed by atoms with Crippen LogP contribution >= 0.6 is 0 Å². The first-order valence-corrected chi connectivity index (χ1v) is 21.1. The van der Waals surface area contributed by atoms with Gasteiger partial charge in [0, 0.05) is 43.0 Å². The van der Waals surface area contributed by atoms with Crippen LogP contribution in [0.25, 0.3) is 11.4 Å². The number of likely N-dealkylation sites (N-methyl/N-ethyl adjacent to an activating group) is 1. The first kappa shape index (κ1) is 47.9. The zero-order chi connectivity index (χ0) is 45.0. The zero-order valence-electron chi connectivity index (χ0n) is 37.5. The predicted octanol–water partition coefficient (Wildman–Crippen LogP) is 3.96. The molecule has 0 aliphatic carbocycles. The lowest BCUT2D eigenvalue weighted by molar-refractivity contribution is -0.295. The Labute approximate surface area is 357 Å². The van der Waals surface area contributed by atoms with Crippen LogP contribution in [0, 0.1) is 17.8 Å². The number of aliphatic hydroxyl groups excluding tert-OH is 1. The van der Waals surface area contributed by atoms with Gasteiger partial charge in [-0.1, -0.05) is 63.2 Å². The van der Waals surface area contributed by atoms with Gasteiger partial charge in [-0.3, -0.25) is 4.79 Å². The number of fused-ring (bicyclic) bond motifs is 1. The van der Waals surface area contributed by atoms with Crippen LogP contribution in [0.2, 0.25) is 0 Å². The average Bonchev–Trinajstić information content (AvgIpc) is 3.80. The molecule has 1 amide bonds. The second-order valence-corrected chi connectivity index (χ2v) is 17.4. The van der Waals surface area contributed by atoms with E-state index >= 15 is 4.39 Å². The Morgan fingerprint density at radius 1 is 1.07 bits per heavy atom. The number of halogens is 1. The highest BCUT2D eigenvalue weighted by Crippen LogP contribution is 2.43. The van der Waals surface area contributed by atoms with Gasteiger partial charge in [-0.2, -0.15) is 4.80 Å². The molecule has 340 valence electrons. The smallest absolute Gasteiger partial charge is 0.425 e. The van der Waals surface area contributed by atoms with E-state index in [9.17, 15) is 19.5 Å². The summed E-state index contributed by atoms with van der Waals surface area (Å²) in [5.74, 6) is -4.58. The minimum atomic E-state index is -3.18. The van der Waals surface area contributed by atoms with Crippen LogP contribution < -0.4 is 5.43 Å². The monoisotopic (exact) mass is 860 g/mol. The van der Waals surface area contributed by atoms with E-state index in [1.54, 1.807) is 20.8 Å². The van der Waals surface area contributed by atoms with E-state index in [0.717, 1.165) is 12.5 Å². The summed E-state index contributed by atoms with van der Waals surface area (Å²) in [6.45, 7) is 13.6. The number of rotatable bonds is 12. The van der Waals surface area contributed by atoms with Crippen molar-refractivity contribution in [2.75, 3.05) is 34.9 Å². The summed E-state index contributed by atoms with van der Waals surface area (Å²) in [6.07, 6.45) is -4.76. The minimum Gasteiger partial charge on any atom is -0.455 e. The van der Waals surface area contributed by atoms with Gasteiger partial charge in [0.2, 0.25) is 5.82 Å². The third-order valence-electron chi connectivity index (χ3n) is 12.6. The molecule has 19 heteroatoms. The number of hydrazine groups is 1. The lowest BCUT2D eigenvalue weighted by atomic mass is 9.73. The normalized spacial score (nSPS) is 37.3. The molecule has 5 rings (SSSR count). The van der Waals surface area contributed by atoms with Crippen LogP contribution in [-0.2, 0) is 44.7 Å². The number of cyclic esters (lactones) is 1. The van der Waals surface area contributed by atoms with Crippen molar-refractivity contribution in [3.63, 3.8) is 0 Å². The Kier molecular flexibility index (Phi) is 15.3. The molecular formula is C42H65FN8O10. The van der Waals surface area contributed by atoms with Gasteiger partial charge in [0.1, 0.15) is 25.4 Å². The number of nitrogens with one attached hydrogen (secondary N) is 1. The van der Waals surface area contributed by atoms with Crippen molar-refractivity contribution in [1.82, 2.24) is 35.5 Å². The maximum atomic E-state index is 17.0. The summed E-state index contributed by atoms with van der Waals surface area (Å²) in [5, 5.41) is 30.2. The molecule has 2 unspecified atom stereocenters. The van der Waals surface area contributed by atoms with E-state index in [4.69, 9.17) is 28.5 Å². The molecule has 3 aliphatic heterocycles. The van der Waals surface area contributed by atoms with Gasteiger partial charge in [0.05, 0.1) is 30.1 Å². The number of ketones is 1. The van der Waals surface area contributed by atoms with Crippen molar-refractivity contribution < 1.29 is 52.4 Å². The number of aryl methyl sites for hydroxylation is 1. The molecule has 3 saturated heterocycles. The number of hydrogen-bond acceptors (Lipinski definition) is 16. The van der Waals surface area contributed by atoms with Crippen LogP contribution in [0.5, 0.6) is 0 Å². The number of carbonyl (C=O) groups is 3. The van der Waals surface area contributed by atoms with Gasteiger partial charge in [-0.05, 0) is 72.7 Å². The fourth-order valence-corrected chi connectivity index (χ4v) is 9.29. The van der Waals surface area contributed by atoms with Crippen molar-refractivity contribution in [3.8, 4) is 11.4 Å². The second kappa shape index (κ2) is 19.5. The Bertz CT molecular complexity index is 1850. The minimum absolute atomic E-state index is 0.0933. The van der Waals surface area contributed by atoms with E-state index in [1.165, 1.54) is 30.9 Å².